The number of rotatable bonds is 1. The monoisotopic (exact) mass is 307 g/mol. The predicted molar refractivity (Wildman–Crippen MR) is 74.5 cm³/mol. The van der Waals surface area contributed by atoms with Crippen molar-refractivity contribution in [2.45, 2.75) is 9.79 Å². The molecule has 0 fully saturated rings. The molecule has 0 atom stereocenters. The van der Waals surface area contributed by atoms with Crippen LogP contribution >= 0.6 is 27.7 Å². The molecule has 0 aliphatic carbocycles. The van der Waals surface area contributed by atoms with Gasteiger partial charge in [-0.05, 0) is 40.2 Å². The first-order chi connectivity index (χ1) is 8.29. The molecule has 2 nitrogen and oxygen atoms in total. The van der Waals surface area contributed by atoms with Crippen LogP contribution in [0.4, 0.5) is 11.4 Å². The number of ether oxygens (including phenoxy) is 1. The fraction of sp³-hybridized carbons (Fsp3) is 0.0769. The number of para-hydroxylation sites is 1. The van der Waals surface area contributed by atoms with E-state index in [1.54, 1.807) is 18.9 Å². The van der Waals surface area contributed by atoms with Crippen LogP contribution in [0.2, 0.25) is 0 Å². The lowest BCUT2D eigenvalue weighted by atomic mass is 10.2. The fourth-order valence-electron chi connectivity index (χ4n) is 1.84. The topological polar surface area (TPSA) is 21.3 Å². The molecular formula is C13H10BrNOS. The zero-order valence-electron chi connectivity index (χ0n) is 9.16. The Hall–Kier alpha value is -1.13. The Labute approximate surface area is 113 Å². The highest BCUT2D eigenvalue weighted by molar-refractivity contribution is 9.10. The van der Waals surface area contributed by atoms with Crippen LogP contribution in [0.3, 0.4) is 0 Å². The average Bonchev–Trinajstić information content (AvgIpc) is 2.36. The summed E-state index contributed by atoms with van der Waals surface area (Å²) < 4.78 is 6.46. The summed E-state index contributed by atoms with van der Waals surface area (Å²) in [7, 11) is 1.70. The molecule has 4 heteroatoms. The molecule has 0 spiro atoms. The van der Waals surface area contributed by atoms with Crippen LogP contribution < -0.4 is 10.1 Å². The van der Waals surface area contributed by atoms with Gasteiger partial charge >= 0.3 is 0 Å². The Kier molecular flexibility index (Phi) is 2.76. The lowest BCUT2D eigenvalue weighted by molar-refractivity contribution is 0.405. The van der Waals surface area contributed by atoms with E-state index in [1.165, 1.54) is 4.90 Å². The standard InChI is InChI=1S/C13H10BrNOS/c1-16-10-6-3-5-9-13(10)17-11-7-2-4-8(14)12(11)15-9/h2-7,15H,1H3. The minimum absolute atomic E-state index is 0.908. The van der Waals surface area contributed by atoms with E-state index < -0.39 is 0 Å². The van der Waals surface area contributed by atoms with Crippen molar-refractivity contribution in [3.63, 3.8) is 0 Å². The Morgan fingerprint density at radius 2 is 2.00 bits per heavy atom. The van der Waals surface area contributed by atoms with Crippen LogP contribution in [0.1, 0.15) is 0 Å². The third-order valence-electron chi connectivity index (χ3n) is 2.65. The summed E-state index contributed by atoms with van der Waals surface area (Å²) in [4.78, 5) is 2.34. The van der Waals surface area contributed by atoms with E-state index in [2.05, 4.69) is 33.4 Å². The minimum atomic E-state index is 0.908. The van der Waals surface area contributed by atoms with Gasteiger partial charge in [-0.15, -0.1) is 0 Å². The molecule has 2 aromatic carbocycles. The number of anilines is 2. The van der Waals surface area contributed by atoms with Crippen molar-refractivity contribution in [2.75, 3.05) is 12.4 Å². The molecule has 2 aromatic rings. The van der Waals surface area contributed by atoms with Gasteiger partial charge in [-0.3, -0.25) is 0 Å². The number of halogens is 1. The van der Waals surface area contributed by atoms with Crippen LogP contribution in [0, 0.1) is 0 Å². The summed E-state index contributed by atoms with van der Waals surface area (Å²) in [5, 5.41) is 3.44. The van der Waals surface area contributed by atoms with Crippen molar-refractivity contribution in [1.29, 1.82) is 0 Å². The molecule has 0 saturated carbocycles. The molecule has 1 heterocycles. The molecule has 0 bridgehead atoms. The molecule has 3 rings (SSSR count). The quantitative estimate of drug-likeness (QED) is 0.706. The number of hydrogen-bond donors (Lipinski definition) is 1. The molecule has 0 aromatic heterocycles. The number of nitrogens with one attached hydrogen (secondary N) is 1. The van der Waals surface area contributed by atoms with Crippen LogP contribution in [-0.2, 0) is 0 Å². The Morgan fingerprint density at radius 3 is 2.82 bits per heavy atom. The summed E-state index contributed by atoms with van der Waals surface area (Å²) >= 11 is 5.29. The van der Waals surface area contributed by atoms with Crippen LogP contribution in [0.15, 0.2) is 50.7 Å². The number of methoxy groups -OCH3 is 1. The molecule has 0 saturated heterocycles. The van der Waals surface area contributed by atoms with Crippen LogP contribution in [0.25, 0.3) is 0 Å². The third-order valence-corrected chi connectivity index (χ3v) is 4.49. The second-order valence-corrected chi connectivity index (χ2v) is 5.58. The van der Waals surface area contributed by atoms with E-state index in [9.17, 15) is 0 Å². The summed E-state index contributed by atoms with van der Waals surface area (Å²) in [5.41, 5.74) is 2.21. The zero-order valence-corrected chi connectivity index (χ0v) is 11.6. The van der Waals surface area contributed by atoms with Gasteiger partial charge in [0.1, 0.15) is 5.75 Å². The van der Waals surface area contributed by atoms with Crippen molar-refractivity contribution < 1.29 is 4.74 Å². The highest BCUT2D eigenvalue weighted by atomic mass is 79.9. The highest BCUT2D eigenvalue weighted by Crippen LogP contribution is 2.50. The van der Waals surface area contributed by atoms with Crippen molar-refractivity contribution >= 4 is 39.1 Å². The Morgan fingerprint density at radius 1 is 1.18 bits per heavy atom. The van der Waals surface area contributed by atoms with Crippen molar-refractivity contribution in [2.24, 2.45) is 0 Å². The first-order valence-corrected chi connectivity index (χ1v) is 6.81. The molecule has 1 aliphatic heterocycles. The maximum Gasteiger partial charge on any atom is 0.134 e. The van der Waals surface area contributed by atoms with Gasteiger partial charge in [-0.2, -0.15) is 0 Å². The van der Waals surface area contributed by atoms with Crippen LogP contribution in [-0.4, -0.2) is 7.11 Å². The normalized spacial score (nSPS) is 12.4. The van der Waals surface area contributed by atoms with E-state index in [0.717, 1.165) is 26.5 Å². The van der Waals surface area contributed by atoms with Crippen LogP contribution in [0.5, 0.6) is 5.75 Å². The van der Waals surface area contributed by atoms with Gasteiger partial charge in [0.25, 0.3) is 0 Å². The lowest BCUT2D eigenvalue weighted by Crippen LogP contribution is -2.01. The van der Waals surface area contributed by atoms with E-state index in [4.69, 9.17) is 4.74 Å². The molecule has 0 unspecified atom stereocenters. The molecule has 0 amide bonds. The molecule has 1 N–H and O–H groups in total. The summed E-state index contributed by atoms with van der Waals surface area (Å²) in [6, 6.07) is 12.2. The van der Waals surface area contributed by atoms with Crippen molar-refractivity contribution in [3.05, 3.63) is 40.9 Å². The van der Waals surface area contributed by atoms with E-state index in [1.807, 2.05) is 24.3 Å². The van der Waals surface area contributed by atoms with Gasteiger partial charge in [0.05, 0.1) is 23.4 Å². The van der Waals surface area contributed by atoms with E-state index in [0.29, 0.717) is 0 Å². The van der Waals surface area contributed by atoms with E-state index >= 15 is 0 Å². The second kappa shape index (κ2) is 4.27. The third kappa shape index (κ3) is 1.81. The van der Waals surface area contributed by atoms with Gasteiger partial charge in [-0.25, -0.2) is 0 Å². The van der Waals surface area contributed by atoms with Crippen molar-refractivity contribution in [1.82, 2.24) is 0 Å². The average molecular weight is 308 g/mol. The Bertz CT molecular complexity index is 586. The molecule has 1 aliphatic rings. The molecular weight excluding hydrogens is 298 g/mol. The number of fused-ring (bicyclic) bond motifs is 2. The lowest BCUT2D eigenvalue weighted by Gasteiger charge is -2.23. The zero-order chi connectivity index (χ0) is 11.8. The van der Waals surface area contributed by atoms with Gasteiger partial charge in [0, 0.05) is 9.37 Å². The minimum Gasteiger partial charge on any atom is -0.495 e. The number of benzene rings is 2. The van der Waals surface area contributed by atoms with E-state index in [-0.39, 0.29) is 0 Å². The maximum absolute atomic E-state index is 5.39. The van der Waals surface area contributed by atoms with Gasteiger partial charge in [0.15, 0.2) is 0 Å². The van der Waals surface area contributed by atoms with Gasteiger partial charge < -0.3 is 10.1 Å². The van der Waals surface area contributed by atoms with Crippen molar-refractivity contribution in [3.8, 4) is 5.75 Å². The largest absolute Gasteiger partial charge is 0.495 e. The number of hydrogen-bond acceptors (Lipinski definition) is 3. The molecule has 17 heavy (non-hydrogen) atoms. The predicted octanol–water partition coefficient (Wildman–Crippen LogP) is 4.67. The summed E-state index contributed by atoms with van der Waals surface area (Å²) in [6.07, 6.45) is 0. The summed E-state index contributed by atoms with van der Waals surface area (Å²) in [6.45, 7) is 0. The summed E-state index contributed by atoms with van der Waals surface area (Å²) in [5.74, 6) is 0.908. The first-order valence-electron chi connectivity index (χ1n) is 5.20. The SMILES string of the molecule is COc1cccc2c1Sc1cccc(Br)c1N2. The highest BCUT2D eigenvalue weighted by Gasteiger charge is 2.20. The van der Waals surface area contributed by atoms with Gasteiger partial charge in [0.2, 0.25) is 0 Å². The maximum atomic E-state index is 5.39. The molecule has 86 valence electrons. The first kappa shape index (κ1) is 11.0. The Balaban J connectivity index is 2.14. The second-order valence-electron chi connectivity index (χ2n) is 3.68. The van der Waals surface area contributed by atoms with Gasteiger partial charge in [-0.1, -0.05) is 23.9 Å². The fourth-order valence-corrected chi connectivity index (χ4v) is 3.54. The molecule has 0 radical (unpaired) electrons. The smallest absolute Gasteiger partial charge is 0.134 e.